The van der Waals surface area contributed by atoms with Crippen molar-refractivity contribution in [3.63, 3.8) is 0 Å². The molecule has 0 amide bonds. The number of nitrogen functional groups attached to an aromatic ring is 4. The molecule has 0 aromatic heterocycles. The summed E-state index contributed by atoms with van der Waals surface area (Å²) in [4.78, 5) is 0. The van der Waals surface area contributed by atoms with Gasteiger partial charge in [0.15, 0.2) is 0 Å². The monoisotopic (exact) mass is 288 g/mol. The van der Waals surface area contributed by atoms with E-state index in [1.807, 2.05) is 0 Å². The van der Waals surface area contributed by atoms with Crippen molar-refractivity contribution in [1.29, 1.82) is 0 Å². The van der Waals surface area contributed by atoms with Crippen LogP contribution in [0, 0.1) is 0 Å². The van der Waals surface area contributed by atoms with Crippen LogP contribution < -0.4 is 32.4 Å². The van der Waals surface area contributed by atoms with E-state index in [4.69, 9.17) is 32.4 Å². The molecular formula is C15H20N4O2. The lowest BCUT2D eigenvalue weighted by molar-refractivity contribution is 0.249. The summed E-state index contributed by atoms with van der Waals surface area (Å²) < 4.78 is 11.1. The van der Waals surface area contributed by atoms with Crippen molar-refractivity contribution in [3.05, 3.63) is 36.4 Å². The highest BCUT2D eigenvalue weighted by molar-refractivity contribution is 5.60. The van der Waals surface area contributed by atoms with Crippen molar-refractivity contribution < 1.29 is 9.47 Å². The van der Waals surface area contributed by atoms with Gasteiger partial charge in [-0.15, -0.1) is 0 Å². The first-order chi connectivity index (χ1) is 10.1. The predicted molar refractivity (Wildman–Crippen MR) is 86.1 cm³/mol. The van der Waals surface area contributed by atoms with Crippen LogP contribution in [-0.4, -0.2) is 13.2 Å². The van der Waals surface area contributed by atoms with Crippen LogP contribution in [0.4, 0.5) is 22.7 Å². The van der Waals surface area contributed by atoms with E-state index in [2.05, 4.69) is 0 Å². The van der Waals surface area contributed by atoms with Crippen molar-refractivity contribution in [2.45, 2.75) is 6.42 Å². The van der Waals surface area contributed by atoms with Gasteiger partial charge in [0.2, 0.25) is 0 Å². The highest BCUT2D eigenvalue weighted by Gasteiger charge is 2.03. The van der Waals surface area contributed by atoms with E-state index >= 15 is 0 Å². The van der Waals surface area contributed by atoms with E-state index in [1.54, 1.807) is 36.4 Å². The van der Waals surface area contributed by atoms with E-state index in [9.17, 15) is 0 Å². The van der Waals surface area contributed by atoms with E-state index in [0.717, 1.165) is 0 Å². The summed E-state index contributed by atoms with van der Waals surface area (Å²) in [6.45, 7) is 0.936. The van der Waals surface area contributed by atoms with Gasteiger partial charge < -0.3 is 32.4 Å². The molecule has 2 rings (SSSR count). The fraction of sp³-hybridized carbons (Fsp3) is 0.200. The fourth-order valence-corrected chi connectivity index (χ4v) is 1.78. The molecule has 6 nitrogen and oxygen atoms in total. The Hall–Kier alpha value is -2.76. The summed E-state index contributed by atoms with van der Waals surface area (Å²) in [6.07, 6.45) is 0.683. The van der Waals surface area contributed by atoms with Crippen molar-refractivity contribution >= 4 is 22.7 Å². The first kappa shape index (κ1) is 14.6. The Kier molecular flexibility index (Phi) is 4.61. The zero-order chi connectivity index (χ0) is 15.2. The summed E-state index contributed by atoms with van der Waals surface area (Å²) in [6, 6.07) is 10.3. The summed E-state index contributed by atoms with van der Waals surface area (Å²) in [7, 11) is 0. The van der Waals surface area contributed by atoms with Crippen LogP contribution in [0.1, 0.15) is 6.42 Å². The van der Waals surface area contributed by atoms with Gasteiger partial charge >= 0.3 is 0 Å². The van der Waals surface area contributed by atoms with Crippen molar-refractivity contribution in [2.75, 3.05) is 36.1 Å². The Labute approximate surface area is 123 Å². The molecule has 0 aliphatic carbocycles. The highest BCUT2D eigenvalue weighted by Crippen LogP contribution is 2.25. The number of nitrogens with two attached hydrogens (primary N) is 4. The standard InChI is InChI=1S/C15H20N4O2/c16-10-2-4-12(18)14(8-10)20-6-1-7-21-15-9-11(17)3-5-13(15)19/h2-5,8-9H,1,6-7,16-19H2. The maximum atomic E-state index is 5.79. The summed E-state index contributed by atoms with van der Waals surface area (Å²) >= 11 is 0. The lowest BCUT2D eigenvalue weighted by atomic mass is 10.2. The molecule has 0 unspecified atom stereocenters. The van der Waals surface area contributed by atoms with Crippen molar-refractivity contribution in [2.24, 2.45) is 0 Å². The lowest BCUT2D eigenvalue weighted by Crippen LogP contribution is -2.07. The molecule has 0 radical (unpaired) electrons. The van der Waals surface area contributed by atoms with Gasteiger partial charge in [-0.25, -0.2) is 0 Å². The minimum atomic E-state index is 0.468. The second-order valence-electron chi connectivity index (χ2n) is 4.65. The molecule has 2 aromatic rings. The van der Waals surface area contributed by atoms with Crippen LogP contribution in [0.2, 0.25) is 0 Å². The maximum absolute atomic E-state index is 5.79. The molecule has 0 spiro atoms. The third-order valence-corrected chi connectivity index (χ3v) is 2.88. The number of benzene rings is 2. The third-order valence-electron chi connectivity index (χ3n) is 2.88. The zero-order valence-corrected chi connectivity index (χ0v) is 11.7. The van der Waals surface area contributed by atoms with Gasteiger partial charge in [0.05, 0.1) is 24.6 Å². The maximum Gasteiger partial charge on any atom is 0.144 e. The minimum absolute atomic E-state index is 0.468. The SMILES string of the molecule is Nc1ccc(N)c(OCCCOc2cc(N)ccc2N)c1. The lowest BCUT2D eigenvalue weighted by Gasteiger charge is -2.11. The van der Waals surface area contributed by atoms with E-state index in [-0.39, 0.29) is 0 Å². The van der Waals surface area contributed by atoms with Crippen molar-refractivity contribution in [3.8, 4) is 11.5 Å². The van der Waals surface area contributed by atoms with Gasteiger partial charge in [0.25, 0.3) is 0 Å². The molecule has 0 saturated carbocycles. The van der Waals surface area contributed by atoms with E-state index in [1.165, 1.54) is 0 Å². The second kappa shape index (κ2) is 6.60. The first-order valence-corrected chi connectivity index (χ1v) is 6.62. The van der Waals surface area contributed by atoms with Crippen LogP contribution in [0.5, 0.6) is 11.5 Å². The number of rotatable bonds is 6. The van der Waals surface area contributed by atoms with Crippen LogP contribution in [0.15, 0.2) is 36.4 Å². The van der Waals surface area contributed by atoms with Gasteiger partial charge in [-0.2, -0.15) is 0 Å². The van der Waals surface area contributed by atoms with Crippen LogP contribution in [0.25, 0.3) is 0 Å². The normalized spacial score (nSPS) is 10.3. The Bertz CT molecular complexity index is 563. The fourth-order valence-electron chi connectivity index (χ4n) is 1.78. The Morgan fingerprint density at radius 3 is 1.52 bits per heavy atom. The molecule has 112 valence electrons. The summed E-state index contributed by atoms with van der Waals surface area (Å²) in [5.74, 6) is 1.16. The highest BCUT2D eigenvalue weighted by atomic mass is 16.5. The van der Waals surface area contributed by atoms with Gasteiger partial charge in [-0.3, -0.25) is 0 Å². The van der Waals surface area contributed by atoms with Crippen LogP contribution in [0.3, 0.4) is 0 Å². The molecule has 0 aliphatic rings. The van der Waals surface area contributed by atoms with Gasteiger partial charge in [0, 0.05) is 29.9 Å². The molecule has 0 bridgehead atoms. The summed E-state index contributed by atoms with van der Waals surface area (Å²) in [5.41, 5.74) is 25.3. The number of ether oxygens (including phenoxy) is 2. The van der Waals surface area contributed by atoms with E-state index in [0.29, 0.717) is 53.9 Å². The molecule has 6 heteroatoms. The average Bonchev–Trinajstić information content (AvgIpc) is 2.45. The van der Waals surface area contributed by atoms with Crippen LogP contribution >= 0.6 is 0 Å². The quantitative estimate of drug-likeness (QED) is 0.475. The Morgan fingerprint density at radius 2 is 1.10 bits per heavy atom. The number of hydrogen-bond acceptors (Lipinski definition) is 6. The summed E-state index contributed by atoms with van der Waals surface area (Å²) in [5, 5.41) is 0. The molecule has 0 heterocycles. The molecule has 2 aromatic carbocycles. The molecule has 0 atom stereocenters. The minimum Gasteiger partial charge on any atom is -0.491 e. The number of hydrogen-bond donors (Lipinski definition) is 4. The topological polar surface area (TPSA) is 123 Å². The van der Waals surface area contributed by atoms with Gasteiger partial charge in [0.1, 0.15) is 11.5 Å². The first-order valence-electron chi connectivity index (χ1n) is 6.62. The van der Waals surface area contributed by atoms with Gasteiger partial charge in [-0.05, 0) is 24.3 Å². The largest absolute Gasteiger partial charge is 0.491 e. The predicted octanol–water partition coefficient (Wildman–Crippen LogP) is 1.86. The van der Waals surface area contributed by atoms with Crippen molar-refractivity contribution in [1.82, 2.24) is 0 Å². The molecule has 0 saturated heterocycles. The Balaban J connectivity index is 1.77. The van der Waals surface area contributed by atoms with E-state index < -0.39 is 0 Å². The third kappa shape index (κ3) is 4.10. The second-order valence-corrected chi connectivity index (χ2v) is 4.65. The zero-order valence-electron chi connectivity index (χ0n) is 11.7. The molecule has 21 heavy (non-hydrogen) atoms. The van der Waals surface area contributed by atoms with Crippen LogP contribution in [-0.2, 0) is 0 Å². The molecule has 0 fully saturated rings. The smallest absolute Gasteiger partial charge is 0.144 e. The Morgan fingerprint density at radius 1 is 0.667 bits per heavy atom. The average molecular weight is 288 g/mol. The molecular weight excluding hydrogens is 268 g/mol. The molecule has 8 N–H and O–H groups in total. The van der Waals surface area contributed by atoms with Gasteiger partial charge in [-0.1, -0.05) is 0 Å². The molecule has 0 aliphatic heterocycles. The number of anilines is 4.